The van der Waals surface area contributed by atoms with E-state index in [0.29, 0.717) is 29.3 Å². The highest BCUT2D eigenvalue weighted by molar-refractivity contribution is 7.86. The van der Waals surface area contributed by atoms with Crippen molar-refractivity contribution in [3.8, 4) is 5.75 Å². The highest BCUT2D eigenvalue weighted by atomic mass is 32.2. The van der Waals surface area contributed by atoms with Gasteiger partial charge in [-0.25, -0.2) is 9.19 Å². The monoisotopic (exact) mass is 520 g/mol. The first-order valence-corrected chi connectivity index (χ1v) is 12.9. The molecule has 0 aliphatic carbocycles. The Morgan fingerprint density at radius 3 is 2.14 bits per heavy atom. The maximum atomic E-state index is 12.6. The fourth-order valence-electron chi connectivity index (χ4n) is 3.74. The number of esters is 1. The third-order valence-corrected chi connectivity index (χ3v) is 5.97. The number of nitrogens with zero attached hydrogens (tertiary/aromatic N) is 1. The number of aryl methyl sites for hydroxylation is 1. The fraction of sp³-hybridized carbons (Fsp3) is 0.519. The van der Waals surface area contributed by atoms with Crippen LogP contribution < -0.4 is 9.46 Å². The van der Waals surface area contributed by atoms with E-state index < -0.39 is 22.2 Å². The number of aromatic nitrogens is 1. The molecular formula is C27H40N2O6S. The van der Waals surface area contributed by atoms with Crippen molar-refractivity contribution in [2.45, 2.75) is 90.7 Å². The Bertz CT molecular complexity index is 996. The molecule has 1 aromatic carbocycles. The largest absolute Gasteiger partial charge is 0.488 e. The van der Waals surface area contributed by atoms with E-state index in [2.05, 4.69) is 23.6 Å². The molecule has 0 saturated carbocycles. The summed E-state index contributed by atoms with van der Waals surface area (Å²) in [5, 5.41) is 6.89. The van der Waals surface area contributed by atoms with Crippen LogP contribution in [0.25, 0.3) is 0 Å². The number of nitrogens with one attached hydrogen (secondary N) is 1. The number of rotatable bonds is 10. The Labute approximate surface area is 217 Å². The lowest BCUT2D eigenvalue weighted by atomic mass is 9.78. The molecule has 9 heteroatoms. The van der Waals surface area contributed by atoms with Gasteiger partial charge in [0, 0.05) is 12.6 Å². The Morgan fingerprint density at radius 2 is 1.64 bits per heavy atom. The molecule has 0 spiro atoms. The lowest BCUT2D eigenvalue weighted by molar-refractivity contribution is -0.155. The van der Waals surface area contributed by atoms with Gasteiger partial charge in [0.15, 0.2) is 11.0 Å². The number of hydrogen-bond acceptors (Lipinski definition) is 6. The van der Waals surface area contributed by atoms with Crippen molar-refractivity contribution in [2.75, 3.05) is 4.72 Å². The first kappa shape index (κ1) is 31.1. The molecule has 2 aromatic rings. The molecule has 0 fully saturated rings. The average Bonchev–Trinajstić information content (AvgIpc) is 2.73. The molecular weight excluding hydrogens is 480 g/mol. The second-order valence-corrected chi connectivity index (χ2v) is 12.2. The van der Waals surface area contributed by atoms with Crippen molar-refractivity contribution in [1.29, 1.82) is 0 Å². The van der Waals surface area contributed by atoms with Crippen molar-refractivity contribution in [3.05, 3.63) is 48.2 Å². The molecule has 36 heavy (non-hydrogen) atoms. The van der Waals surface area contributed by atoms with Crippen molar-refractivity contribution >= 4 is 29.2 Å². The van der Waals surface area contributed by atoms with E-state index >= 15 is 0 Å². The standard InChI is InChI=1S/C26H38N2O4S.CH2O2/c1-19-9-14-22(27-17-19)28-33(30)21-12-10-20(11-13-21)31-26(7,8)18-25(5,6)16-15-23(29)32-24(2,3)4;2-1-3/h9-14,17H,15-16,18H2,1-8H3,(H,27,28);1H,(H,2,3). The van der Waals surface area contributed by atoms with Crippen LogP contribution in [0.15, 0.2) is 47.5 Å². The van der Waals surface area contributed by atoms with Gasteiger partial charge in [0.05, 0.1) is 4.90 Å². The minimum absolute atomic E-state index is 0.104. The summed E-state index contributed by atoms with van der Waals surface area (Å²) in [7, 11) is -1.41. The molecule has 8 nitrogen and oxygen atoms in total. The second kappa shape index (κ2) is 13.4. The fourth-order valence-corrected chi connectivity index (χ4v) is 4.55. The molecule has 2 rings (SSSR count). The molecule has 1 unspecified atom stereocenters. The van der Waals surface area contributed by atoms with Gasteiger partial charge in [-0.05, 0) is 95.7 Å². The minimum Gasteiger partial charge on any atom is -0.488 e. The summed E-state index contributed by atoms with van der Waals surface area (Å²) in [6, 6.07) is 10.9. The van der Waals surface area contributed by atoms with E-state index in [-0.39, 0.29) is 17.9 Å². The molecule has 1 atom stereocenters. The predicted molar refractivity (Wildman–Crippen MR) is 142 cm³/mol. The Hall–Kier alpha value is -2.94. The van der Waals surface area contributed by atoms with E-state index in [1.165, 1.54) is 0 Å². The zero-order chi connectivity index (χ0) is 27.6. The molecule has 2 N–H and O–H groups in total. The number of carbonyl (C=O) groups is 2. The summed E-state index contributed by atoms with van der Waals surface area (Å²) in [5.41, 5.74) is 0.0316. The molecule has 0 bridgehead atoms. The van der Waals surface area contributed by atoms with E-state index in [9.17, 15) is 9.00 Å². The maximum Gasteiger partial charge on any atom is 0.306 e. The third kappa shape index (κ3) is 12.7. The molecule has 0 saturated heterocycles. The van der Waals surface area contributed by atoms with Gasteiger partial charge in [-0.3, -0.25) is 14.3 Å². The predicted octanol–water partition coefficient (Wildman–Crippen LogP) is 5.92. The van der Waals surface area contributed by atoms with Crippen LogP contribution in [0.2, 0.25) is 0 Å². The zero-order valence-electron chi connectivity index (χ0n) is 22.6. The number of carbonyl (C=O) groups excluding carboxylic acids is 1. The summed E-state index contributed by atoms with van der Waals surface area (Å²) >= 11 is 0. The Kier molecular flexibility index (Phi) is 11.6. The smallest absolute Gasteiger partial charge is 0.306 e. The van der Waals surface area contributed by atoms with Crippen LogP contribution in [0.3, 0.4) is 0 Å². The quantitative estimate of drug-likeness (QED) is 0.295. The minimum atomic E-state index is -1.41. The molecule has 1 aromatic heterocycles. The summed E-state index contributed by atoms with van der Waals surface area (Å²) in [5.74, 6) is 1.10. The molecule has 1 heterocycles. The molecule has 0 aliphatic heterocycles. The van der Waals surface area contributed by atoms with Crippen LogP contribution in [0.4, 0.5) is 5.82 Å². The summed E-state index contributed by atoms with van der Waals surface area (Å²) in [6.45, 7) is 15.7. The Balaban J connectivity index is 0.00000205. The lowest BCUT2D eigenvalue weighted by Crippen LogP contribution is -2.35. The van der Waals surface area contributed by atoms with Crippen LogP contribution in [0.5, 0.6) is 5.75 Å². The number of pyridine rings is 1. The summed E-state index contributed by atoms with van der Waals surface area (Å²) in [4.78, 5) is 25.3. The highest BCUT2D eigenvalue weighted by Gasteiger charge is 2.31. The maximum absolute atomic E-state index is 12.6. The van der Waals surface area contributed by atoms with Crippen LogP contribution in [0.1, 0.15) is 73.3 Å². The average molecular weight is 521 g/mol. The van der Waals surface area contributed by atoms with Gasteiger partial charge in [0.25, 0.3) is 6.47 Å². The topological polar surface area (TPSA) is 115 Å². The summed E-state index contributed by atoms with van der Waals surface area (Å²) in [6.07, 6.45) is 3.58. The van der Waals surface area contributed by atoms with E-state index in [1.54, 1.807) is 24.4 Å². The molecule has 0 radical (unpaired) electrons. The van der Waals surface area contributed by atoms with E-state index in [4.69, 9.17) is 19.4 Å². The zero-order valence-corrected chi connectivity index (χ0v) is 23.4. The number of carboxylic acid groups (broad SMARTS) is 1. The van der Waals surface area contributed by atoms with Crippen molar-refractivity contribution < 1.29 is 28.4 Å². The lowest BCUT2D eigenvalue weighted by Gasteiger charge is -2.35. The van der Waals surface area contributed by atoms with Gasteiger partial charge in [-0.1, -0.05) is 19.9 Å². The molecule has 200 valence electrons. The van der Waals surface area contributed by atoms with Crippen molar-refractivity contribution in [2.24, 2.45) is 5.41 Å². The van der Waals surface area contributed by atoms with Crippen molar-refractivity contribution in [1.82, 2.24) is 4.98 Å². The van der Waals surface area contributed by atoms with Gasteiger partial charge in [0.1, 0.15) is 22.8 Å². The third-order valence-electron chi connectivity index (χ3n) is 4.87. The Morgan fingerprint density at radius 1 is 1.06 bits per heavy atom. The normalized spacial score (nSPS) is 12.6. The molecule has 0 aliphatic rings. The van der Waals surface area contributed by atoms with Crippen LogP contribution >= 0.6 is 0 Å². The highest BCUT2D eigenvalue weighted by Crippen LogP contribution is 2.35. The van der Waals surface area contributed by atoms with Gasteiger partial charge >= 0.3 is 5.97 Å². The second-order valence-electron chi connectivity index (χ2n) is 11.0. The SMILES string of the molecule is Cc1ccc(NS(=O)c2ccc(OC(C)(C)CC(C)(C)CCC(=O)OC(C)(C)C)cc2)nc1.O=CO. The van der Waals surface area contributed by atoms with Gasteiger partial charge in [-0.2, -0.15) is 0 Å². The first-order chi connectivity index (χ1) is 16.6. The van der Waals surface area contributed by atoms with E-state index in [1.807, 2.05) is 59.7 Å². The van der Waals surface area contributed by atoms with E-state index in [0.717, 1.165) is 12.0 Å². The van der Waals surface area contributed by atoms with Crippen LogP contribution in [0, 0.1) is 12.3 Å². The van der Waals surface area contributed by atoms with Crippen LogP contribution in [-0.4, -0.2) is 37.9 Å². The van der Waals surface area contributed by atoms with Crippen LogP contribution in [-0.2, 0) is 25.3 Å². The van der Waals surface area contributed by atoms with Crippen molar-refractivity contribution in [3.63, 3.8) is 0 Å². The number of ether oxygens (including phenoxy) is 2. The number of anilines is 1. The van der Waals surface area contributed by atoms with Gasteiger partial charge in [0.2, 0.25) is 0 Å². The summed E-state index contributed by atoms with van der Waals surface area (Å²) < 4.78 is 27.2. The first-order valence-electron chi connectivity index (χ1n) is 11.8. The van der Waals surface area contributed by atoms with Gasteiger partial charge in [-0.15, -0.1) is 0 Å². The number of benzene rings is 1. The van der Waals surface area contributed by atoms with Gasteiger partial charge < -0.3 is 14.6 Å². The number of hydrogen-bond donors (Lipinski definition) is 2. The molecule has 0 amide bonds.